The Balaban J connectivity index is 1.57. The fraction of sp³-hybridized carbons (Fsp3) is 0.435. The van der Waals surface area contributed by atoms with Gasteiger partial charge in [0.25, 0.3) is 0 Å². The number of aromatic nitrogens is 3. The van der Waals surface area contributed by atoms with Gasteiger partial charge in [0.05, 0.1) is 11.1 Å². The molecule has 1 amide bonds. The minimum Gasteiger partial charge on any atom is -0.444 e. The van der Waals surface area contributed by atoms with Gasteiger partial charge in [-0.15, -0.1) is 0 Å². The van der Waals surface area contributed by atoms with Crippen molar-refractivity contribution in [3.8, 4) is 0 Å². The van der Waals surface area contributed by atoms with Gasteiger partial charge in [0.15, 0.2) is 5.65 Å². The van der Waals surface area contributed by atoms with Crippen LogP contribution in [0.1, 0.15) is 39.2 Å². The molecule has 1 N–H and O–H groups in total. The van der Waals surface area contributed by atoms with Crippen molar-refractivity contribution in [2.24, 2.45) is 0 Å². The fourth-order valence-electron chi connectivity index (χ4n) is 3.93. The number of ether oxygens (including phenoxy) is 1. The van der Waals surface area contributed by atoms with Crippen LogP contribution in [0.5, 0.6) is 0 Å². The second kappa shape index (κ2) is 9.42. The number of likely N-dealkylation sites (tertiary alicyclic amines) is 1. The van der Waals surface area contributed by atoms with Crippen LogP contribution in [-0.4, -0.2) is 58.1 Å². The van der Waals surface area contributed by atoms with E-state index in [1.807, 2.05) is 26.8 Å². The highest BCUT2D eigenvalue weighted by Crippen LogP contribution is 2.27. The van der Waals surface area contributed by atoms with Crippen molar-refractivity contribution in [3.05, 3.63) is 53.4 Å². The molecule has 1 atom stereocenters. The van der Waals surface area contributed by atoms with Crippen LogP contribution in [0.3, 0.4) is 0 Å². The van der Waals surface area contributed by atoms with Gasteiger partial charge in [-0.05, 0) is 56.8 Å². The third-order valence-corrected chi connectivity index (χ3v) is 7.15. The normalized spacial score (nSPS) is 17.1. The van der Waals surface area contributed by atoms with Gasteiger partial charge in [-0.3, -0.25) is 0 Å². The van der Waals surface area contributed by atoms with Crippen LogP contribution in [0.4, 0.5) is 10.6 Å². The van der Waals surface area contributed by atoms with Crippen molar-refractivity contribution in [1.29, 1.82) is 0 Å². The molecule has 1 fully saturated rings. The molecule has 0 bridgehead atoms. The number of piperidine rings is 1. The van der Waals surface area contributed by atoms with E-state index in [-0.39, 0.29) is 28.8 Å². The Morgan fingerprint density at radius 3 is 2.65 bits per heavy atom. The lowest BCUT2D eigenvalue weighted by Gasteiger charge is -2.34. The van der Waals surface area contributed by atoms with Gasteiger partial charge >= 0.3 is 6.09 Å². The first-order valence-corrected chi connectivity index (χ1v) is 13.1. The van der Waals surface area contributed by atoms with Crippen molar-refractivity contribution in [3.63, 3.8) is 0 Å². The molecule has 9 nitrogen and oxygen atoms in total. The van der Waals surface area contributed by atoms with E-state index in [0.717, 1.165) is 16.8 Å². The topological polar surface area (TPSA) is 106 Å². The van der Waals surface area contributed by atoms with Crippen LogP contribution >= 0.6 is 11.6 Å². The Bertz CT molecular complexity index is 1290. The fourth-order valence-corrected chi connectivity index (χ4v) is 5.50. The van der Waals surface area contributed by atoms with Crippen molar-refractivity contribution in [2.75, 3.05) is 18.4 Å². The lowest BCUT2D eigenvalue weighted by atomic mass is 10.1. The highest BCUT2D eigenvalue weighted by molar-refractivity contribution is 7.89. The predicted molar refractivity (Wildman–Crippen MR) is 131 cm³/mol. The summed E-state index contributed by atoms with van der Waals surface area (Å²) in [5.74, 6) is 0.259. The number of amides is 1. The number of hydrogen-bond acceptors (Lipinski definition) is 7. The molecule has 11 heteroatoms. The molecule has 1 saturated heterocycles. The summed E-state index contributed by atoms with van der Waals surface area (Å²) in [6.45, 7) is 6.55. The average molecular weight is 506 g/mol. The minimum atomic E-state index is -3.73. The number of anilines is 1. The van der Waals surface area contributed by atoms with E-state index in [1.54, 1.807) is 35.2 Å². The van der Waals surface area contributed by atoms with Crippen LogP contribution in [-0.2, 0) is 20.5 Å². The number of rotatable bonds is 5. The number of hydrogen-bond donors (Lipinski definition) is 1. The Morgan fingerprint density at radius 1 is 1.21 bits per heavy atom. The maximum Gasteiger partial charge on any atom is 0.410 e. The molecule has 1 aromatic carbocycles. The molecule has 4 rings (SSSR count). The van der Waals surface area contributed by atoms with Gasteiger partial charge in [-0.1, -0.05) is 30.3 Å². The highest BCUT2D eigenvalue weighted by atomic mass is 35.5. The summed E-state index contributed by atoms with van der Waals surface area (Å²) >= 11 is 6.18. The molecular formula is C23H28ClN5O4S. The zero-order chi connectivity index (χ0) is 24.5. The summed E-state index contributed by atoms with van der Waals surface area (Å²) in [6, 6.07) is 10.5. The summed E-state index contributed by atoms with van der Waals surface area (Å²) < 4.78 is 32.8. The molecule has 0 radical (unpaired) electrons. The summed E-state index contributed by atoms with van der Waals surface area (Å²) in [5, 5.41) is 3.81. The first-order chi connectivity index (χ1) is 16.0. The van der Waals surface area contributed by atoms with Gasteiger partial charge in [0.1, 0.15) is 11.4 Å². The Hall–Kier alpha value is -2.85. The summed E-state index contributed by atoms with van der Waals surface area (Å²) in [4.78, 5) is 22.7. The third-order valence-electron chi connectivity index (χ3n) is 5.39. The smallest absolute Gasteiger partial charge is 0.410 e. The molecule has 1 aliphatic rings. The van der Waals surface area contributed by atoms with Crippen molar-refractivity contribution in [2.45, 2.75) is 51.0 Å². The third kappa shape index (κ3) is 5.61. The number of nitrogens with zero attached hydrogens (tertiary/aromatic N) is 4. The van der Waals surface area contributed by atoms with Gasteiger partial charge in [-0.2, -0.15) is 4.98 Å². The Kier molecular flexibility index (Phi) is 6.73. The summed E-state index contributed by atoms with van der Waals surface area (Å²) in [5.41, 5.74) is 0.309. The maximum absolute atomic E-state index is 13.1. The number of nitrogens with one attached hydrogen (secondary N) is 1. The highest BCUT2D eigenvalue weighted by Gasteiger charge is 2.29. The van der Waals surface area contributed by atoms with E-state index in [1.165, 1.54) is 6.20 Å². The Labute approximate surface area is 204 Å². The largest absolute Gasteiger partial charge is 0.444 e. The molecule has 3 heterocycles. The monoisotopic (exact) mass is 505 g/mol. The van der Waals surface area contributed by atoms with Gasteiger partial charge in [0.2, 0.25) is 15.3 Å². The van der Waals surface area contributed by atoms with E-state index < -0.39 is 15.6 Å². The number of halogens is 1. The average Bonchev–Trinajstić information content (AvgIpc) is 3.18. The number of carbonyl (C=O) groups is 1. The molecule has 182 valence electrons. The molecule has 1 aliphatic heterocycles. The van der Waals surface area contributed by atoms with Crippen LogP contribution in [0, 0.1) is 0 Å². The lowest BCUT2D eigenvalue weighted by molar-refractivity contribution is 0.0206. The molecule has 0 saturated carbocycles. The summed E-state index contributed by atoms with van der Waals surface area (Å²) in [6.07, 6.45) is 2.72. The first kappa shape index (κ1) is 24.3. The molecule has 2 aromatic heterocycles. The molecule has 0 aliphatic carbocycles. The SMILES string of the molecule is CC(C)(C)OC(=O)N1CCC[C@@H](Nc2nc(Cl)nc3c2ccn3S(=O)(=O)Cc2ccccc2)C1. The molecule has 0 spiro atoms. The zero-order valence-corrected chi connectivity index (χ0v) is 20.9. The van der Waals surface area contributed by atoms with E-state index in [0.29, 0.717) is 29.9 Å². The zero-order valence-electron chi connectivity index (χ0n) is 19.4. The standard InChI is InChI=1S/C23H28ClN5O4S/c1-23(2,3)33-22(30)28-12-7-10-17(14-28)25-19-18-11-13-29(20(18)27-21(24)26-19)34(31,32)15-16-8-5-4-6-9-16/h4-6,8-9,11,13,17H,7,10,12,14-15H2,1-3H3,(H,25,26,27)/t17-/m1/s1. The molecule has 0 unspecified atom stereocenters. The van der Waals surface area contributed by atoms with E-state index >= 15 is 0 Å². The second-order valence-corrected chi connectivity index (χ2v) is 11.5. The second-order valence-electron chi connectivity index (χ2n) is 9.34. The van der Waals surface area contributed by atoms with Gasteiger partial charge in [-0.25, -0.2) is 22.2 Å². The number of benzene rings is 1. The maximum atomic E-state index is 13.1. The minimum absolute atomic E-state index is 0.0651. The van der Waals surface area contributed by atoms with Crippen molar-refractivity contribution in [1.82, 2.24) is 18.8 Å². The summed E-state index contributed by atoms with van der Waals surface area (Å²) in [7, 11) is -3.73. The van der Waals surface area contributed by atoms with Crippen molar-refractivity contribution >= 4 is 44.6 Å². The Morgan fingerprint density at radius 2 is 1.94 bits per heavy atom. The van der Waals surface area contributed by atoms with Crippen LogP contribution < -0.4 is 5.32 Å². The lowest BCUT2D eigenvalue weighted by Crippen LogP contribution is -2.47. The van der Waals surface area contributed by atoms with Gasteiger partial charge in [0, 0.05) is 25.3 Å². The van der Waals surface area contributed by atoms with Gasteiger partial charge < -0.3 is 15.0 Å². The molecule has 3 aromatic rings. The van der Waals surface area contributed by atoms with Crippen LogP contribution in [0.15, 0.2) is 42.6 Å². The molecular weight excluding hydrogens is 478 g/mol. The van der Waals surface area contributed by atoms with E-state index in [4.69, 9.17) is 16.3 Å². The molecule has 34 heavy (non-hydrogen) atoms. The predicted octanol–water partition coefficient (Wildman–Crippen LogP) is 4.27. The number of fused-ring (bicyclic) bond motifs is 1. The quantitative estimate of drug-likeness (QED) is 0.516. The first-order valence-electron chi connectivity index (χ1n) is 11.1. The van der Waals surface area contributed by atoms with Crippen molar-refractivity contribution < 1.29 is 17.9 Å². The van der Waals surface area contributed by atoms with E-state index in [2.05, 4.69) is 15.3 Å². The van der Waals surface area contributed by atoms with Crippen LogP contribution in [0.25, 0.3) is 11.0 Å². The van der Waals surface area contributed by atoms with E-state index in [9.17, 15) is 13.2 Å². The number of carbonyl (C=O) groups excluding carboxylic acids is 1. The van der Waals surface area contributed by atoms with Crippen LogP contribution in [0.2, 0.25) is 5.28 Å².